The average Bonchev–Trinajstić information content (AvgIpc) is 2.74. The Bertz CT molecular complexity index is 1020. The van der Waals surface area contributed by atoms with Crippen molar-refractivity contribution in [1.29, 1.82) is 5.26 Å². The third kappa shape index (κ3) is 3.48. The molecule has 0 saturated heterocycles. The summed E-state index contributed by atoms with van der Waals surface area (Å²) in [5.74, 6) is 0.360. The number of amides is 1. The average molecular weight is 355 g/mol. The molecule has 6 heteroatoms. The number of fused-ring (bicyclic) bond motifs is 1. The molecule has 3 aromatic rings. The van der Waals surface area contributed by atoms with Gasteiger partial charge in [-0.05, 0) is 29.7 Å². The Labute approximate surface area is 157 Å². The number of para-hydroxylation sites is 1. The summed E-state index contributed by atoms with van der Waals surface area (Å²) in [6.45, 7) is 1.65. The van der Waals surface area contributed by atoms with Gasteiger partial charge in [-0.1, -0.05) is 36.4 Å². The van der Waals surface area contributed by atoms with Crippen molar-refractivity contribution in [2.75, 3.05) is 16.8 Å². The number of rotatable bonds is 3. The van der Waals surface area contributed by atoms with Crippen LogP contribution in [0.15, 0.2) is 60.9 Å². The molecule has 0 aliphatic carbocycles. The van der Waals surface area contributed by atoms with Crippen molar-refractivity contribution in [2.24, 2.45) is 0 Å². The van der Waals surface area contributed by atoms with Crippen LogP contribution >= 0.6 is 0 Å². The van der Waals surface area contributed by atoms with Crippen LogP contribution in [-0.2, 0) is 13.0 Å². The maximum absolute atomic E-state index is 12.4. The molecule has 0 atom stereocenters. The molecule has 2 heterocycles. The second kappa shape index (κ2) is 7.26. The quantitative estimate of drug-likeness (QED) is 0.780. The lowest BCUT2D eigenvalue weighted by Crippen LogP contribution is -2.31. The molecule has 0 unspecified atom stereocenters. The van der Waals surface area contributed by atoms with E-state index in [1.807, 2.05) is 6.07 Å². The summed E-state index contributed by atoms with van der Waals surface area (Å²) in [6, 6.07) is 17.3. The first kappa shape index (κ1) is 16.7. The minimum absolute atomic E-state index is 0.212. The lowest BCUT2D eigenvalue weighted by atomic mass is 10.0. The fraction of sp³-hybridized carbons (Fsp3) is 0.143. The van der Waals surface area contributed by atoms with Crippen molar-refractivity contribution in [3.05, 3.63) is 83.3 Å². The van der Waals surface area contributed by atoms with Gasteiger partial charge in [0.25, 0.3) is 5.91 Å². The SMILES string of the molecule is N#Cc1ccccc1NC(=O)c1cnc(N2CCc3ccccc3C2)cn1. The number of nitrogens with zero attached hydrogens (tertiary/aromatic N) is 4. The molecule has 1 aromatic heterocycles. The molecule has 0 radical (unpaired) electrons. The first-order chi connectivity index (χ1) is 13.2. The van der Waals surface area contributed by atoms with E-state index in [1.54, 1.807) is 30.5 Å². The zero-order chi connectivity index (χ0) is 18.6. The zero-order valence-corrected chi connectivity index (χ0v) is 14.6. The summed E-state index contributed by atoms with van der Waals surface area (Å²) in [7, 11) is 0. The van der Waals surface area contributed by atoms with Gasteiger partial charge >= 0.3 is 0 Å². The van der Waals surface area contributed by atoms with Crippen molar-refractivity contribution in [2.45, 2.75) is 13.0 Å². The Morgan fingerprint density at radius 2 is 1.81 bits per heavy atom. The summed E-state index contributed by atoms with van der Waals surface area (Å²) in [5, 5.41) is 11.8. The molecule has 2 aromatic carbocycles. The zero-order valence-electron chi connectivity index (χ0n) is 14.6. The number of hydrogen-bond donors (Lipinski definition) is 1. The van der Waals surface area contributed by atoms with Gasteiger partial charge in [0, 0.05) is 13.1 Å². The van der Waals surface area contributed by atoms with Crippen LogP contribution in [0.25, 0.3) is 0 Å². The summed E-state index contributed by atoms with van der Waals surface area (Å²) in [6.07, 6.45) is 4.06. The van der Waals surface area contributed by atoms with E-state index < -0.39 is 0 Å². The predicted molar refractivity (Wildman–Crippen MR) is 102 cm³/mol. The molecule has 6 nitrogen and oxygen atoms in total. The van der Waals surface area contributed by atoms with Crippen LogP contribution in [0.4, 0.5) is 11.5 Å². The molecule has 0 bridgehead atoms. The van der Waals surface area contributed by atoms with Gasteiger partial charge in [0.15, 0.2) is 0 Å². The van der Waals surface area contributed by atoms with E-state index in [9.17, 15) is 4.79 Å². The Kier molecular flexibility index (Phi) is 4.50. The molecular weight excluding hydrogens is 338 g/mol. The van der Waals surface area contributed by atoms with Gasteiger partial charge in [-0.25, -0.2) is 9.97 Å². The van der Waals surface area contributed by atoms with Gasteiger partial charge in [0.2, 0.25) is 0 Å². The van der Waals surface area contributed by atoms with E-state index in [1.165, 1.54) is 17.3 Å². The van der Waals surface area contributed by atoms with Crippen LogP contribution in [0.3, 0.4) is 0 Å². The molecule has 1 amide bonds. The van der Waals surface area contributed by atoms with Crippen LogP contribution in [0.5, 0.6) is 0 Å². The highest BCUT2D eigenvalue weighted by Crippen LogP contribution is 2.22. The number of carbonyl (C=O) groups excluding carboxylic acids is 1. The molecule has 1 N–H and O–H groups in total. The summed E-state index contributed by atoms with van der Waals surface area (Å²) < 4.78 is 0. The Balaban J connectivity index is 1.48. The molecule has 0 fully saturated rings. The highest BCUT2D eigenvalue weighted by Gasteiger charge is 2.18. The van der Waals surface area contributed by atoms with Crippen LogP contribution in [0.1, 0.15) is 27.2 Å². The second-order valence-electron chi connectivity index (χ2n) is 6.31. The van der Waals surface area contributed by atoms with E-state index >= 15 is 0 Å². The van der Waals surface area contributed by atoms with Crippen molar-refractivity contribution < 1.29 is 4.79 Å². The van der Waals surface area contributed by atoms with E-state index in [0.717, 1.165) is 25.3 Å². The maximum atomic E-state index is 12.4. The van der Waals surface area contributed by atoms with E-state index in [2.05, 4.69) is 44.5 Å². The number of aromatic nitrogens is 2. The lowest BCUT2D eigenvalue weighted by molar-refractivity contribution is 0.102. The van der Waals surface area contributed by atoms with Gasteiger partial charge in [-0.2, -0.15) is 5.26 Å². The van der Waals surface area contributed by atoms with Crippen LogP contribution in [0, 0.1) is 11.3 Å². The second-order valence-corrected chi connectivity index (χ2v) is 6.31. The number of benzene rings is 2. The molecule has 132 valence electrons. The third-order valence-electron chi connectivity index (χ3n) is 4.62. The van der Waals surface area contributed by atoms with Gasteiger partial charge in [0.05, 0.1) is 23.6 Å². The van der Waals surface area contributed by atoms with E-state index in [0.29, 0.717) is 11.3 Å². The summed E-state index contributed by atoms with van der Waals surface area (Å²) >= 11 is 0. The van der Waals surface area contributed by atoms with Crippen LogP contribution in [-0.4, -0.2) is 22.4 Å². The normalized spacial score (nSPS) is 12.8. The summed E-state index contributed by atoms with van der Waals surface area (Å²) in [4.78, 5) is 23.2. The lowest BCUT2D eigenvalue weighted by Gasteiger charge is -2.29. The largest absolute Gasteiger partial charge is 0.351 e. The minimum atomic E-state index is -0.388. The van der Waals surface area contributed by atoms with Crippen molar-refractivity contribution >= 4 is 17.4 Å². The number of nitriles is 1. The van der Waals surface area contributed by atoms with Crippen molar-refractivity contribution in [1.82, 2.24) is 9.97 Å². The molecule has 27 heavy (non-hydrogen) atoms. The summed E-state index contributed by atoms with van der Waals surface area (Å²) in [5.41, 5.74) is 3.74. The Morgan fingerprint density at radius 1 is 1.04 bits per heavy atom. The fourth-order valence-electron chi connectivity index (χ4n) is 3.17. The van der Waals surface area contributed by atoms with Crippen LogP contribution in [0.2, 0.25) is 0 Å². The van der Waals surface area contributed by atoms with E-state index in [-0.39, 0.29) is 11.6 Å². The molecular formula is C21H17N5O. The molecule has 1 aliphatic heterocycles. The minimum Gasteiger partial charge on any atom is -0.351 e. The molecule has 0 saturated carbocycles. The van der Waals surface area contributed by atoms with Gasteiger partial charge in [0.1, 0.15) is 17.6 Å². The number of nitrogens with one attached hydrogen (secondary N) is 1. The van der Waals surface area contributed by atoms with Crippen molar-refractivity contribution in [3.8, 4) is 6.07 Å². The number of anilines is 2. The number of carbonyl (C=O) groups is 1. The highest BCUT2D eigenvalue weighted by molar-refractivity contribution is 6.03. The Morgan fingerprint density at radius 3 is 2.59 bits per heavy atom. The third-order valence-corrected chi connectivity index (χ3v) is 4.62. The van der Waals surface area contributed by atoms with E-state index in [4.69, 9.17) is 5.26 Å². The predicted octanol–water partition coefficient (Wildman–Crippen LogP) is 3.16. The fourth-order valence-corrected chi connectivity index (χ4v) is 3.17. The standard InChI is InChI=1S/C21H17N5O/c22-11-16-6-3-4-8-18(16)25-21(27)19-12-24-20(13-23-19)26-10-9-15-5-1-2-7-17(15)14-26/h1-8,12-13H,9-10,14H2,(H,25,27). The molecule has 0 spiro atoms. The van der Waals surface area contributed by atoms with Gasteiger partial charge < -0.3 is 10.2 Å². The Hall–Kier alpha value is -3.72. The van der Waals surface area contributed by atoms with Gasteiger partial charge in [-0.15, -0.1) is 0 Å². The first-order valence-corrected chi connectivity index (χ1v) is 8.69. The van der Waals surface area contributed by atoms with Gasteiger partial charge in [-0.3, -0.25) is 4.79 Å². The molecule has 4 rings (SSSR count). The first-order valence-electron chi connectivity index (χ1n) is 8.69. The maximum Gasteiger partial charge on any atom is 0.275 e. The monoisotopic (exact) mass is 355 g/mol. The van der Waals surface area contributed by atoms with Crippen LogP contribution < -0.4 is 10.2 Å². The molecule has 1 aliphatic rings. The smallest absolute Gasteiger partial charge is 0.275 e. The number of hydrogen-bond acceptors (Lipinski definition) is 5. The highest BCUT2D eigenvalue weighted by atomic mass is 16.1. The topological polar surface area (TPSA) is 81.9 Å². The van der Waals surface area contributed by atoms with Crippen molar-refractivity contribution in [3.63, 3.8) is 0 Å².